The molecule has 0 saturated heterocycles. The number of carbonyl (C=O) groups excluding carboxylic acids is 2. The fraction of sp³-hybridized carbons (Fsp3) is 0.774. The van der Waals surface area contributed by atoms with Crippen LogP contribution in [0.1, 0.15) is 142 Å². The van der Waals surface area contributed by atoms with E-state index in [1.54, 1.807) is 0 Å². The number of carboxylic acids is 1. The first kappa shape index (κ1) is 34.9. The van der Waals surface area contributed by atoms with E-state index >= 15 is 0 Å². The Morgan fingerprint density at radius 3 is 2.00 bits per heavy atom. The monoisotopic (exact) mass is 521 g/mol. The van der Waals surface area contributed by atoms with E-state index in [0.717, 1.165) is 57.8 Å². The third kappa shape index (κ3) is 26.8. The maximum atomic E-state index is 12.4. The van der Waals surface area contributed by atoms with Crippen molar-refractivity contribution in [2.45, 2.75) is 148 Å². The summed E-state index contributed by atoms with van der Waals surface area (Å²) in [5.74, 6) is -1.35. The van der Waals surface area contributed by atoms with Gasteiger partial charge in [-0.25, -0.2) is 0 Å². The largest absolute Gasteiger partial charge is 0.480 e. The molecule has 0 rings (SSSR count). The quantitative estimate of drug-likeness (QED) is 0.0682. The predicted molar refractivity (Wildman–Crippen MR) is 152 cm³/mol. The number of amides is 1. The number of unbranched alkanes of at least 4 members (excludes halogenated alkanes) is 13. The molecule has 0 aliphatic carbocycles. The van der Waals surface area contributed by atoms with Gasteiger partial charge < -0.3 is 15.2 Å². The number of nitrogens with one attached hydrogen (secondary N) is 1. The van der Waals surface area contributed by atoms with E-state index in [4.69, 9.17) is 9.84 Å². The topological polar surface area (TPSA) is 92.7 Å². The third-order valence-corrected chi connectivity index (χ3v) is 6.31. The van der Waals surface area contributed by atoms with Crippen molar-refractivity contribution in [2.24, 2.45) is 0 Å². The van der Waals surface area contributed by atoms with E-state index in [1.165, 1.54) is 57.8 Å². The highest BCUT2D eigenvalue weighted by Gasteiger charge is 2.11. The van der Waals surface area contributed by atoms with E-state index in [2.05, 4.69) is 43.5 Å². The molecule has 0 bridgehead atoms. The van der Waals surface area contributed by atoms with Crippen LogP contribution in [0.3, 0.4) is 0 Å². The molecule has 0 radical (unpaired) electrons. The van der Waals surface area contributed by atoms with Crippen molar-refractivity contribution >= 4 is 17.8 Å². The summed E-state index contributed by atoms with van der Waals surface area (Å²) in [7, 11) is 0. The number of carbonyl (C=O) groups is 3. The zero-order chi connectivity index (χ0) is 27.4. The number of allylic oxidation sites excluding steroid dienone is 3. The lowest BCUT2D eigenvalue weighted by Gasteiger charge is -2.15. The Hall–Kier alpha value is -2.11. The van der Waals surface area contributed by atoms with Crippen LogP contribution in [0.2, 0.25) is 0 Å². The molecule has 0 fully saturated rings. The first-order chi connectivity index (χ1) is 18.0. The van der Waals surface area contributed by atoms with Crippen molar-refractivity contribution in [2.75, 3.05) is 6.54 Å². The number of ether oxygens (including phenoxy) is 1. The normalized spacial score (nSPS) is 12.3. The second-order valence-corrected chi connectivity index (χ2v) is 10.00. The van der Waals surface area contributed by atoms with Crippen molar-refractivity contribution in [1.82, 2.24) is 5.32 Å². The van der Waals surface area contributed by atoms with Gasteiger partial charge in [0.1, 0.15) is 12.6 Å². The lowest BCUT2D eigenvalue weighted by atomic mass is 10.1. The molecule has 37 heavy (non-hydrogen) atoms. The summed E-state index contributed by atoms with van der Waals surface area (Å²) < 4.78 is 5.81. The minimum Gasteiger partial charge on any atom is -0.480 e. The van der Waals surface area contributed by atoms with Gasteiger partial charge in [-0.2, -0.15) is 0 Å². The van der Waals surface area contributed by atoms with Gasteiger partial charge >= 0.3 is 11.9 Å². The van der Waals surface area contributed by atoms with Gasteiger partial charge in [0.25, 0.3) is 0 Å². The fourth-order valence-corrected chi connectivity index (χ4v) is 4.07. The molecule has 0 heterocycles. The van der Waals surface area contributed by atoms with E-state index in [-0.39, 0.29) is 24.5 Å². The Morgan fingerprint density at radius 1 is 0.703 bits per heavy atom. The van der Waals surface area contributed by atoms with Crippen LogP contribution in [0.5, 0.6) is 0 Å². The lowest BCUT2D eigenvalue weighted by Crippen LogP contribution is -2.28. The average molecular weight is 522 g/mol. The van der Waals surface area contributed by atoms with Crippen molar-refractivity contribution in [3.63, 3.8) is 0 Å². The van der Waals surface area contributed by atoms with E-state index < -0.39 is 5.97 Å². The van der Waals surface area contributed by atoms with Gasteiger partial charge in [0.15, 0.2) is 0 Å². The Labute approximate surface area is 226 Å². The molecule has 6 nitrogen and oxygen atoms in total. The van der Waals surface area contributed by atoms with Gasteiger partial charge in [0.2, 0.25) is 5.91 Å². The van der Waals surface area contributed by atoms with Gasteiger partial charge in [-0.1, -0.05) is 89.9 Å². The standard InChI is InChI=1S/C31H55NO5/c1-3-5-7-9-11-12-13-14-16-22-26-31(36)37-28(23-19-15-10-8-6-4-2)24-20-17-18-21-25-29(33)32-27-30(34)35/h7,9,19,23,28H,3-6,8,10-18,20-22,24-27H2,1-2H3,(H,32,33)(H,34,35)/b9-7-,23-19-. The van der Waals surface area contributed by atoms with Crippen LogP contribution in [-0.2, 0) is 19.1 Å². The van der Waals surface area contributed by atoms with E-state index in [0.29, 0.717) is 12.8 Å². The Kier molecular flexibility index (Phi) is 25.4. The predicted octanol–water partition coefficient (Wildman–Crippen LogP) is 8.05. The van der Waals surface area contributed by atoms with Gasteiger partial charge in [-0.3, -0.25) is 14.4 Å². The Bertz CT molecular complexity index is 629. The highest BCUT2D eigenvalue weighted by Crippen LogP contribution is 2.14. The molecule has 6 heteroatoms. The minimum absolute atomic E-state index is 0.0989. The number of aliphatic carboxylic acids is 1. The molecular weight excluding hydrogens is 466 g/mol. The zero-order valence-electron chi connectivity index (χ0n) is 23.8. The van der Waals surface area contributed by atoms with E-state index in [1.807, 2.05) is 0 Å². The van der Waals surface area contributed by atoms with Crippen LogP contribution in [0.4, 0.5) is 0 Å². The highest BCUT2D eigenvalue weighted by atomic mass is 16.5. The molecule has 214 valence electrons. The van der Waals surface area contributed by atoms with Crippen LogP contribution < -0.4 is 5.32 Å². The number of esters is 1. The smallest absolute Gasteiger partial charge is 0.322 e. The van der Waals surface area contributed by atoms with E-state index in [9.17, 15) is 14.4 Å². The van der Waals surface area contributed by atoms with Crippen LogP contribution >= 0.6 is 0 Å². The van der Waals surface area contributed by atoms with Crippen molar-refractivity contribution in [3.05, 3.63) is 24.3 Å². The third-order valence-electron chi connectivity index (χ3n) is 6.31. The second-order valence-electron chi connectivity index (χ2n) is 10.00. The summed E-state index contributed by atoms with van der Waals surface area (Å²) in [5, 5.41) is 11.0. The first-order valence-electron chi connectivity index (χ1n) is 15.0. The maximum absolute atomic E-state index is 12.4. The Balaban J connectivity index is 4.18. The second kappa shape index (κ2) is 26.9. The van der Waals surface area contributed by atoms with Gasteiger partial charge in [-0.05, 0) is 63.9 Å². The molecule has 2 N–H and O–H groups in total. The zero-order valence-corrected chi connectivity index (χ0v) is 23.8. The van der Waals surface area contributed by atoms with Gasteiger partial charge in [-0.15, -0.1) is 0 Å². The molecule has 0 spiro atoms. The molecular formula is C31H55NO5. The fourth-order valence-electron chi connectivity index (χ4n) is 4.07. The maximum Gasteiger partial charge on any atom is 0.322 e. The molecule has 0 aromatic carbocycles. The van der Waals surface area contributed by atoms with Gasteiger partial charge in [0.05, 0.1) is 0 Å². The number of carboxylic acid groups (broad SMARTS) is 1. The summed E-state index contributed by atoms with van der Waals surface area (Å²) in [4.78, 5) is 34.5. The molecule has 0 aromatic heterocycles. The van der Waals surface area contributed by atoms with Crippen molar-refractivity contribution in [3.8, 4) is 0 Å². The van der Waals surface area contributed by atoms with Crippen LogP contribution in [0.25, 0.3) is 0 Å². The lowest BCUT2D eigenvalue weighted by molar-refractivity contribution is -0.147. The van der Waals surface area contributed by atoms with Crippen molar-refractivity contribution < 1.29 is 24.2 Å². The van der Waals surface area contributed by atoms with Gasteiger partial charge in [0, 0.05) is 12.8 Å². The minimum atomic E-state index is -1.03. The molecule has 1 amide bonds. The summed E-state index contributed by atoms with van der Waals surface area (Å²) in [6.45, 7) is 4.08. The van der Waals surface area contributed by atoms with Crippen LogP contribution in [-0.4, -0.2) is 35.6 Å². The highest BCUT2D eigenvalue weighted by molar-refractivity contribution is 5.80. The summed E-state index contributed by atoms with van der Waals surface area (Å²) in [6, 6.07) is 0. The molecule has 0 aliphatic heterocycles. The summed E-state index contributed by atoms with van der Waals surface area (Å²) >= 11 is 0. The SMILES string of the molecule is CCC/C=C\CCCCCCCC(=O)OC(/C=C\CCCCCC)CCCCCCC(=O)NCC(=O)O. The molecule has 0 aliphatic rings. The van der Waals surface area contributed by atoms with Crippen LogP contribution in [0.15, 0.2) is 24.3 Å². The summed E-state index contributed by atoms with van der Waals surface area (Å²) in [5.41, 5.74) is 0. The van der Waals surface area contributed by atoms with Crippen LogP contribution in [0, 0.1) is 0 Å². The van der Waals surface area contributed by atoms with Crippen molar-refractivity contribution in [1.29, 1.82) is 0 Å². The average Bonchev–Trinajstić information content (AvgIpc) is 2.87. The summed E-state index contributed by atoms with van der Waals surface area (Å²) in [6.07, 6.45) is 28.8. The Morgan fingerprint density at radius 2 is 1.30 bits per heavy atom. The molecule has 0 saturated carbocycles. The number of rotatable bonds is 26. The number of hydrogen-bond acceptors (Lipinski definition) is 4. The molecule has 1 atom stereocenters. The molecule has 0 aromatic rings. The number of hydrogen-bond donors (Lipinski definition) is 2. The molecule has 1 unspecified atom stereocenters. The first-order valence-corrected chi connectivity index (χ1v) is 15.0.